The zero-order valence-corrected chi connectivity index (χ0v) is 18.1. The number of halogens is 1. The molecule has 5 rings (SSSR count). The molecule has 0 unspecified atom stereocenters. The Labute approximate surface area is 187 Å². The number of anilines is 1. The van der Waals surface area contributed by atoms with Crippen LogP contribution < -0.4 is 4.90 Å². The topological polar surface area (TPSA) is 65.1 Å². The van der Waals surface area contributed by atoms with Crippen LogP contribution in [0.4, 0.5) is 10.1 Å². The number of nitrogens with one attached hydrogen (secondary N) is 1. The Bertz CT molecular complexity index is 1070. The number of likely N-dealkylation sites (tertiary alicyclic amines) is 1. The molecule has 2 fully saturated rings. The molecule has 2 aromatic carbocycles. The van der Waals surface area contributed by atoms with E-state index in [1.807, 2.05) is 23.1 Å². The van der Waals surface area contributed by atoms with Crippen molar-refractivity contribution < 1.29 is 9.18 Å². The van der Waals surface area contributed by atoms with Gasteiger partial charge in [-0.1, -0.05) is 18.2 Å². The largest absolute Gasteiger partial charge is 0.372 e. The van der Waals surface area contributed by atoms with Gasteiger partial charge in [0.05, 0.1) is 6.04 Å². The number of hydrogen-bond donors (Lipinski definition) is 1. The normalized spacial score (nSPS) is 18.8. The van der Waals surface area contributed by atoms with Gasteiger partial charge in [0.2, 0.25) is 0 Å². The van der Waals surface area contributed by atoms with Crippen LogP contribution in [0, 0.1) is 5.82 Å². The van der Waals surface area contributed by atoms with Gasteiger partial charge in [0.1, 0.15) is 11.6 Å². The van der Waals surface area contributed by atoms with E-state index in [9.17, 15) is 9.18 Å². The maximum absolute atomic E-state index is 13.4. The zero-order chi connectivity index (χ0) is 21.9. The number of aromatic amines is 1. The smallest absolute Gasteiger partial charge is 0.254 e. The fourth-order valence-electron chi connectivity index (χ4n) is 4.77. The molecule has 1 aromatic heterocycles. The molecule has 0 radical (unpaired) electrons. The van der Waals surface area contributed by atoms with Crippen LogP contribution in [-0.2, 0) is 6.42 Å². The average molecular weight is 434 g/mol. The predicted octanol–water partition coefficient (Wildman–Crippen LogP) is 4.50. The van der Waals surface area contributed by atoms with E-state index in [-0.39, 0.29) is 17.8 Å². The molecule has 7 heteroatoms. The van der Waals surface area contributed by atoms with Gasteiger partial charge in [-0.15, -0.1) is 0 Å². The quantitative estimate of drug-likeness (QED) is 0.643. The maximum atomic E-state index is 13.4. The summed E-state index contributed by atoms with van der Waals surface area (Å²) in [6.45, 7) is 2.81. The summed E-state index contributed by atoms with van der Waals surface area (Å²) >= 11 is 0. The summed E-state index contributed by atoms with van der Waals surface area (Å²) in [4.78, 5) is 22.3. The predicted molar refractivity (Wildman–Crippen MR) is 121 cm³/mol. The summed E-state index contributed by atoms with van der Waals surface area (Å²) in [5, 5.41) is 7.41. The lowest BCUT2D eigenvalue weighted by molar-refractivity contribution is 0.0730. The number of rotatable bonds is 5. The van der Waals surface area contributed by atoms with Crippen molar-refractivity contribution in [2.75, 3.05) is 24.5 Å². The van der Waals surface area contributed by atoms with Crippen LogP contribution >= 0.6 is 0 Å². The number of amides is 1. The third-order valence-electron chi connectivity index (χ3n) is 6.46. The number of hydrogen-bond acceptors (Lipinski definition) is 4. The summed E-state index contributed by atoms with van der Waals surface area (Å²) in [6, 6.07) is 14.3. The molecule has 32 heavy (non-hydrogen) atoms. The zero-order valence-electron chi connectivity index (χ0n) is 18.1. The lowest BCUT2D eigenvalue weighted by Gasteiger charge is -2.29. The Morgan fingerprint density at radius 2 is 1.84 bits per heavy atom. The van der Waals surface area contributed by atoms with Crippen molar-refractivity contribution in [3.63, 3.8) is 0 Å². The minimum absolute atomic E-state index is 0.0382. The van der Waals surface area contributed by atoms with E-state index in [2.05, 4.69) is 26.1 Å². The van der Waals surface area contributed by atoms with E-state index in [1.165, 1.54) is 31.4 Å². The van der Waals surface area contributed by atoms with Crippen LogP contribution in [0.15, 0.2) is 48.5 Å². The molecule has 6 nitrogen and oxygen atoms in total. The van der Waals surface area contributed by atoms with Crippen molar-refractivity contribution in [1.29, 1.82) is 0 Å². The van der Waals surface area contributed by atoms with E-state index >= 15 is 0 Å². The number of piperidine rings is 1. The molecule has 1 amide bonds. The molecule has 2 aliphatic rings. The second kappa shape index (κ2) is 9.10. The lowest BCUT2D eigenvalue weighted by atomic mass is 10.1. The molecule has 3 aromatic rings. The highest BCUT2D eigenvalue weighted by Crippen LogP contribution is 2.32. The van der Waals surface area contributed by atoms with Crippen LogP contribution in [0.3, 0.4) is 0 Å². The molecule has 2 saturated heterocycles. The fourth-order valence-corrected chi connectivity index (χ4v) is 4.77. The van der Waals surface area contributed by atoms with Crippen LogP contribution in [0.1, 0.15) is 65.7 Å². The number of aromatic nitrogens is 3. The van der Waals surface area contributed by atoms with Gasteiger partial charge in [0.15, 0.2) is 5.82 Å². The van der Waals surface area contributed by atoms with Crippen LogP contribution in [0.2, 0.25) is 0 Å². The third-order valence-corrected chi connectivity index (χ3v) is 6.46. The van der Waals surface area contributed by atoms with Gasteiger partial charge < -0.3 is 9.80 Å². The van der Waals surface area contributed by atoms with E-state index in [1.54, 1.807) is 12.1 Å². The summed E-state index contributed by atoms with van der Waals surface area (Å²) in [7, 11) is 0. The van der Waals surface area contributed by atoms with Crippen LogP contribution in [-0.4, -0.2) is 45.6 Å². The molecule has 3 heterocycles. The number of carbonyl (C=O) groups is 1. The number of nitrogens with zero attached hydrogens (tertiary/aromatic N) is 4. The number of carbonyl (C=O) groups excluding carboxylic acids is 1. The fraction of sp³-hybridized carbons (Fsp3) is 0.400. The van der Waals surface area contributed by atoms with Crippen molar-refractivity contribution in [1.82, 2.24) is 20.1 Å². The minimum Gasteiger partial charge on any atom is -0.372 e. The standard InChI is InChI=1S/C25H28FN5O/c26-20-11-9-18(10-12-20)16-23-27-24(29-28-23)22-8-5-15-31(22)25(32)19-6-4-7-21(17-19)30-13-2-1-3-14-30/h4,6-7,9-12,17,22H,1-3,5,8,13-16H2,(H,27,28,29)/t22-/m1/s1. The molecule has 1 atom stereocenters. The molecule has 166 valence electrons. The first-order valence-corrected chi connectivity index (χ1v) is 11.5. The molecule has 0 saturated carbocycles. The van der Waals surface area contributed by atoms with Gasteiger partial charge in [-0.2, -0.15) is 5.10 Å². The second-order valence-corrected chi connectivity index (χ2v) is 8.70. The Morgan fingerprint density at radius 1 is 1.03 bits per heavy atom. The molecular weight excluding hydrogens is 405 g/mol. The van der Waals surface area contributed by atoms with Gasteiger partial charge in [-0.3, -0.25) is 9.89 Å². The maximum Gasteiger partial charge on any atom is 0.254 e. The highest BCUT2D eigenvalue weighted by molar-refractivity contribution is 5.95. The second-order valence-electron chi connectivity index (χ2n) is 8.70. The molecule has 0 spiro atoms. The first-order valence-electron chi connectivity index (χ1n) is 11.5. The first kappa shape index (κ1) is 20.7. The SMILES string of the molecule is O=C(c1cccc(N2CCCCC2)c1)N1CCC[C@@H]1c1n[nH]c(Cc2ccc(F)cc2)n1. The molecular formula is C25H28FN5O. The highest BCUT2D eigenvalue weighted by atomic mass is 19.1. The van der Waals surface area contributed by atoms with Crippen molar-refractivity contribution in [3.8, 4) is 0 Å². The van der Waals surface area contributed by atoms with E-state index < -0.39 is 0 Å². The number of benzene rings is 2. The van der Waals surface area contributed by atoms with Gasteiger partial charge in [0.25, 0.3) is 5.91 Å². The molecule has 0 bridgehead atoms. The third kappa shape index (κ3) is 4.38. The molecule has 2 aliphatic heterocycles. The van der Waals surface area contributed by atoms with Crippen LogP contribution in [0.25, 0.3) is 0 Å². The Hall–Kier alpha value is -3.22. The summed E-state index contributed by atoms with van der Waals surface area (Å²) < 4.78 is 13.1. The Kier molecular flexibility index (Phi) is 5.88. The average Bonchev–Trinajstić information content (AvgIpc) is 3.50. The summed E-state index contributed by atoms with van der Waals surface area (Å²) in [5.74, 6) is 1.16. The van der Waals surface area contributed by atoms with Crippen molar-refractivity contribution in [3.05, 3.63) is 77.1 Å². The minimum atomic E-state index is -0.253. The van der Waals surface area contributed by atoms with Gasteiger partial charge in [0, 0.05) is 37.3 Å². The van der Waals surface area contributed by atoms with Gasteiger partial charge in [-0.05, 0) is 68.0 Å². The number of H-pyrrole nitrogens is 1. The van der Waals surface area contributed by atoms with E-state index in [0.29, 0.717) is 18.8 Å². The molecule has 1 N–H and O–H groups in total. The first-order chi connectivity index (χ1) is 15.7. The van der Waals surface area contributed by atoms with Crippen molar-refractivity contribution >= 4 is 11.6 Å². The van der Waals surface area contributed by atoms with Crippen molar-refractivity contribution in [2.24, 2.45) is 0 Å². The monoisotopic (exact) mass is 433 g/mol. The molecule has 0 aliphatic carbocycles. The lowest BCUT2D eigenvalue weighted by Crippen LogP contribution is -2.32. The van der Waals surface area contributed by atoms with Crippen molar-refractivity contribution in [2.45, 2.75) is 44.6 Å². The summed E-state index contributed by atoms with van der Waals surface area (Å²) in [6.07, 6.45) is 6.03. The Morgan fingerprint density at radius 3 is 2.66 bits per heavy atom. The Balaban J connectivity index is 1.31. The van der Waals surface area contributed by atoms with Gasteiger partial charge in [-0.25, -0.2) is 9.37 Å². The van der Waals surface area contributed by atoms with E-state index in [0.717, 1.165) is 48.6 Å². The van der Waals surface area contributed by atoms with Crippen LogP contribution in [0.5, 0.6) is 0 Å². The van der Waals surface area contributed by atoms with E-state index in [4.69, 9.17) is 0 Å². The summed E-state index contributed by atoms with van der Waals surface area (Å²) in [5.41, 5.74) is 2.82. The van der Waals surface area contributed by atoms with Gasteiger partial charge >= 0.3 is 0 Å². The highest BCUT2D eigenvalue weighted by Gasteiger charge is 2.33.